The molecule has 0 saturated heterocycles. The van der Waals surface area contributed by atoms with Crippen LogP contribution < -0.4 is 5.32 Å². The van der Waals surface area contributed by atoms with Gasteiger partial charge in [0.25, 0.3) is 0 Å². The molecule has 1 aromatic rings. The number of carboxylic acids is 1. The highest BCUT2D eigenvalue weighted by atomic mass is 127. The van der Waals surface area contributed by atoms with Gasteiger partial charge in [-0.05, 0) is 52.6 Å². The molecule has 0 aliphatic heterocycles. The van der Waals surface area contributed by atoms with Gasteiger partial charge >= 0.3 is 5.97 Å². The Morgan fingerprint density at radius 1 is 1.32 bits per heavy atom. The number of amides is 1. The molecule has 1 aromatic carbocycles. The van der Waals surface area contributed by atoms with Gasteiger partial charge in [0.05, 0.1) is 11.8 Å². The first kappa shape index (κ1) is 14.3. The molecule has 2 atom stereocenters. The second-order valence-electron chi connectivity index (χ2n) is 5.56. The zero-order chi connectivity index (χ0) is 14.4. The number of anilines is 1. The van der Waals surface area contributed by atoms with Crippen molar-refractivity contribution in [1.82, 2.24) is 0 Å². The third-order valence-corrected chi connectivity index (χ3v) is 4.50. The molecule has 2 rings (SSSR count). The number of carbonyl (C=O) groups is 2. The number of nitrogens with one attached hydrogen (secondary N) is 1. The Labute approximate surface area is 125 Å². The molecule has 0 aromatic heterocycles. The van der Waals surface area contributed by atoms with Gasteiger partial charge in [-0.1, -0.05) is 19.9 Å². The van der Waals surface area contributed by atoms with Gasteiger partial charge < -0.3 is 10.4 Å². The van der Waals surface area contributed by atoms with Gasteiger partial charge in [0.15, 0.2) is 0 Å². The number of benzene rings is 1. The summed E-state index contributed by atoms with van der Waals surface area (Å²) in [5.74, 6) is -2.15. The summed E-state index contributed by atoms with van der Waals surface area (Å²) in [6, 6.07) is 5.79. The fraction of sp³-hybridized carbons (Fsp3) is 0.429. The second kappa shape index (κ2) is 4.77. The van der Waals surface area contributed by atoms with Gasteiger partial charge in [0.1, 0.15) is 0 Å². The number of hydrogen-bond acceptors (Lipinski definition) is 2. The van der Waals surface area contributed by atoms with E-state index in [1.54, 1.807) is 0 Å². The lowest BCUT2D eigenvalue weighted by Crippen LogP contribution is -2.18. The first-order valence-corrected chi connectivity index (χ1v) is 7.13. The third-order valence-electron chi connectivity index (χ3n) is 3.83. The first-order valence-electron chi connectivity index (χ1n) is 6.05. The molecule has 1 aliphatic carbocycles. The minimum atomic E-state index is -0.899. The normalized spacial score (nSPS) is 23.8. The highest BCUT2D eigenvalue weighted by Gasteiger charge is 2.65. The van der Waals surface area contributed by atoms with Gasteiger partial charge in [-0.2, -0.15) is 0 Å². The number of carbonyl (C=O) groups excluding carboxylic acids is 1. The predicted molar refractivity (Wildman–Crippen MR) is 80.9 cm³/mol. The molecule has 1 saturated carbocycles. The molecule has 2 unspecified atom stereocenters. The number of aliphatic carboxylic acids is 1. The van der Waals surface area contributed by atoms with Crippen LogP contribution in [0, 0.1) is 27.7 Å². The van der Waals surface area contributed by atoms with Crippen LogP contribution in [0.2, 0.25) is 0 Å². The maximum atomic E-state index is 12.2. The summed E-state index contributed by atoms with van der Waals surface area (Å²) in [5, 5.41) is 11.9. The fourth-order valence-corrected chi connectivity index (χ4v) is 3.02. The van der Waals surface area contributed by atoms with Crippen LogP contribution in [0.3, 0.4) is 0 Å². The van der Waals surface area contributed by atoms with Crippen molar-refractivity contribution in [3.63, 3.8) is 0 Å². The van der Waals surface area contributed by atoms with E-state index >= 15 is 0 Å². The Bertz CT molecular complexity index is 554. The maximum Gasteiger partial charge on any atom is 0.307 e. The van der Waals surface area contributed by atoms with Crippen LogP contribution in [0.1, 0.15) is 19.4 Å². The van der Waals surface area contributed by atoms with Crippen LogP contribution in [0.15, 0.2) is 18.2 Å². The Kier molecular flexibility index (Phi) is 3.59. The smallest absolute Gasteiger partial charge is 0.307 e. The average Bonchev–Trinajstić information content (AvgIpc) is 2.87. The standard InChI is InChI=1S/C14H16INO3/c1-7-4-5-8(15)6-9(7)16-12(17)10-11(13(18)19)14(10,2)3/h4-6,10-11H,1-3H3,(H,16,17)(H,18,19). The van der Waals surface area contributed by atoms with E-state index in [1.807, 2.05) is 39.0 Å². The van der Waals surface area contributed by atoms with Crippen molar-refractivity contribution in [2.75, 3.05) is 5.32 Å². The lowest BCUT2D eigenvalue weighted by Gasteiger charge is -2.09. The van der Waals surface area contributed by atoms with E-state index in [0.29, 0.717) is 0 Å². The van der Waals surface area contributed by atoms with Gasteiger partial charge in [0.2, 0.25) is 5.91 Å². The quantitative estimate of drug-likeness (QED) is 0.801. The summed E-state index contributed by atoms with van der Waals surface area (Å²) < 4.78 is 1.03. The number of aryl methyl sites for hydroxylation is 1. The molecule has 1 aliphatic rings. The zero-order valence-electron chi connectivity index (χ0n) is 11.0. The number of hydrogen-bond donors (Lipinski definition) is 2. The monoisotopic (exact) mass is 373 g/mol. The molecule has 0 spiro atoms. The molecule has 2 N–H and O–H groups in total. The molecule has 0 bridgehead atoms. The van der Waals surface area contributed by atoms with Crippen LogP contribution >= 0.6 is 22.6 Å². The van der Waals surface area contributed by atoms with E-state index in [1.165, 1.54) is 0 Å². The molecular formula is C14H16INO3. The van der Waals surface area contributed by atoms with E-state index in [9.17, 15) is 9.59 Å². The predicted octanol–water partition coefficient (Wildman–Crippen LogP) is 2.89. The SMILES string of the molecule is Cc1ccc(I)cc1NC(=O)C1C(C(=O)O)C1(C)C. The van der Waals surface area contributed by atoms with Crippen LogP contribution in [-0.4, -0.2) is 17.0 Å². The van der Waals surface area contributed by atoms with Crippen molar-refractivity contribution < 1.29 is 14.7 Å². The largest absolute Gasteiger partial charge is 0.481 e. The van der Waals surface area contributed by atoms with Crippen LogP contribution in [-0.2, 0) is 9.59 Å². The van der Waals surface area contributed by atoms with Crippen molar-refractivity contribution in [2.45, 2.75) is 20.8 Å². The summed E-state index contributed by atoms with van der Waals surface area (Å²) in [7, 11) is 0. The number of halogens is 1. The minimum Gasteiger partial charge on any atom is -0.481 e. The molecule has 0 radical (unpaired) electrons. The summed E-state index contributed by atoms with van der Waals surface area (Å²) in [6.07, 6.45) is 0. The molecule has 1 fully saturated rings. The second-order valence-corrected chi connectivity index (χ2v) is 6.81. The van der Waals surface area contributed by atoms with Gasteiger partial charge in [-0.25, -0.2) is 0 Å². The minimum absolute atomic E-state index is 0.206. The van der Waals surface area contributed by atoms with Gasteiger partial charge in [0, 0.05) is 9.26 Å². The summed E-state index contributed by atoms with van der Waals surface area (Å²) in [4.78, 5) is 23.3. The molecule has 1 amide bonds. The van der Waals surface area contributed by atoms with E-state index in [2.05, 4.69) is 27.9 Å². The molecule has 19 heavy (non-hydrogen) atoms. The van der Waals surface area contributed by atoms with Crippen molar-refractivity contribution >= 4 is 40.2 Å². The summed E-state index contributed by atoms with van der Waals surface area (Å²) >= 11 is 2.18. The Morgan fingerprint density at radius 2 is 1.95 bits per heavy atom. The molecule has 5 heteroatoms. The van der Waals surface area contributed by atoms with Crippen LogP contribution in [0.25, 0.3) is 0 Å². The maximum absolute atomic E-state index is 12.2. The fourth-order valence-electron chi connectivity index (χ4n) is 2.53. The van der Waals surface area contributed by atoms with E-state index in [4.69, 9.17) is 5.11 Å². The van der Waals surface area contributed by atoms with E-state index < -0.39 is 23.2 Å². The lowest BCUT2D eigenvalue weighted by atomic mass is 10.1. The molecular weight excluding hydrogens is 357 g/mol. The average molecular weight is 373 g/mol. The topological polar surface area (TPSA) is 66.4 Å². The highest BCUT2D eigenvalue weighted by molar-refractivity contribution is 14.1. The number of rotatable bonds is 3. The van der Waals surface area contributed by atoms with Crippen LogP contribution in [0.5, 0.6) is 0 Å². The van der Waals surface area contributed by atoms with Crippen LogP contribution in [0.4, 0.5) is 5.69 Å². The molecule has 102 valence electrons. The van der Waals surface area contributed by atoms with Crippen molar-refractivity contribution in [3.8, 4) is 0 Å². The molecule has 4 nitrogen and oxygen atoms in total. The molecule has 0 heterocycles. The van der Waals surface area contributed by atoms with E-state index in [-0.39, 0.29) is 5.91 Å². The Balaban J connectivity index is 2.15. The third kappa shape index (κ3) is 2.61. The van der Waals surface area contributed by atoms with Crippen molar-refractivity contribution in [1.29, 1.82) is 0 Å². The van der Waals surface area contributed by atoms with E-state index in [0.717, 1.165) is 14.8 Å². The highest BCUT2D eigenvalue weighted by Crippen LogP contribution is 2.58. The summed E-state index contributed by atoms with van der Waals surface area (Å²) in [5.41, 5.74) is 1.26. The summed E-state index contributed by atoms with van der Waals surface area (Å²) in [6.45, 7) is 5.55. The van der Waals surface area contributed by atoms with Crippen molar-refractivity contribution in [2.24, 2.45) is 17.3 Å². The Morgan fingerprint density at radius 3 is 2.47 bits per heavy atom. The first-order chi connectivity index (χ1) is 8.75. The lowest BCUT2D eigenvalue weighted by molar-refractivity contribution is -0.140. The zero-order valence-corrected chi connectivity index (χ0v) is 13.2. The Hall–Kier alpha value is -1.11. The van der Waals surface area contributed by atoms with Gasteiger partial charge in [-0.3, -0.25) is 9.59 Å². The van der Waals surface area contributed by atoms with Gasteiger partial charge in [-0.15, -0.1) is 0 Å². The van der Waals surface area contributed by atoms with Crippen molar-refractivity contribution in [3.05, 3.63) is 27.3 Å². The number of carboxylic acid groups (broad SMARTS) is 1.